The molecule has 2 aromatic heterocycles. The fraction of sp³-hybridized carbons (Fsp3) is 0.347. The molecule has 13 N–H and O–H groups in total. The second-order valence-electron chi connectivity index (χ2n) is 17.8. The maximum absolute atomic E-state index is 14.9. The van der Waals surface area contributed by atoms with Gasteiger partial charge in [-0.25, -0.2) is 9.78 Å². The van der Waals surface area contributed by atoms with Gasteiger partial charge in [0.05, 0.1) is 30.4 Å². The molecule has 1 amide bonds. The number of hydrogen-bond donors (Lipinski definition) is 12. The number of fused-ring (bicyclic) bond motifs is 3. The molecule has 68 heavy (non-hydrogen) atoms. The van der Waals surface area contributed by atoms with E-state index in [-0.39, 0.29) is 29.8 Å². The number of anilines is 2. The van der Waals surface area contributed by atoms with Crippen LogP contribution in [0.15, 0.2) is 104 Å². The van der Waals surface area contributed by atoms with E-state index in [1.807, 2.05) is 30.3 Å². The first-order chi connectivity index (χ1) is 32.6. The first-order valence-electron chi connectivity index (χ1n) is 22.2. The number of aromatic nitrogens is 3. The lowest BCUT2D eigenvalue weighted by Crippen LogP contribution is -2.67. The van der Waals surface area contributed by atoms with Crippen molar-refractivity contribution >= 4 is 35.7 Å². The Kier molecular flexibility index (Phi) is 12.2. The van der Waals surface area contributed by atoms with Crippen molar-refractivity contribution in [3.63, 3.8) is 0 Å². The van der Waals surface area contributed by atoms with Gasteiger partial charge in [0.1, 0.15) is 36.2 Å². The number of nitrogens with two attached hydrogens (primary N) is 1. The van der Waals surface area contributed by atoms with Crippen molar-refractivity contribution < 1.29 is 64.7 Å². The molecule has 11 atom stereocenters. The van der Waals surface area contributed by atoms with Gasteiger partial charge in [-0.15, -0.1) is 0 Å². The van der Waals surface area contributed by atoms with Gasteiger partial charge in [-0.05, 0) is 71.9 Å². The highest BCUT2D eigenvalue weighted by Gasteiger charge is 2.67. The maximum atomic E-state index is 14.9. The number of aldehydes is 1. The molecular weight excluding hydrogens is 881 g/mol. The molecule has 356 valence electrons. The number of ether oxygens (including phenoxy) is 2. The van der Waals surface area contributed by atoms with E-state index in [9.17, 15) is 55.2 Å². The SMILES string of the molecule is NC1CCCC1(c1ccccc1)C1C=CC2(C(=O)O)C1c1cc(O)c(OC3(O)OC(CO)C(O)C(O)C3O)cc1N2C(=O)C=Cc1ccc(O)c(Cc2[nH]cnc2CC(C=O)Nc2ccc[nH]2)c1. The number of nitrogens with zero attached hydrogens (tertiary/aromatic N) is 2. The topological polar surface area (TPSA) is 317 Å². The predicted molar refractivity (Wildman–Crippen MR) is 243 cm³/mol. The number of H-pyrrole nitrogens is 2. The minimum atomic E-state index is -3.16. The summed E-state index contributed by atoms with van der Waals surface area (Å²) in [5.74, 6) is -7.74. The van der Waals surface area contributed by atoms with Crippen LogP contribution < -0.4 is 20.7 Å². The summed E-state index contributed by atoms with van der Waals surface area (Å²) < 4.78 is 11.0. The standard InChI is InChI=1S/C49H52N6O13/c50-39-8-4-15-47(39,28-6-2-1-3-7-28)31-14-16-48(46(64)65)42(31)30-21-36(59)37(67-49(66)45(63)44(62)43(61)38(24-57)68-49)22-34(30)55(48)41(60)13-11-26-10-12-35(58)27(18-26)19-32-33(53-25-52-32)20-29(23-56)54-40-9-5-17-51-40/h1-3,5-7,9-14,16-18,21-23,25,29,31,38-39,42-45,51,54,57-59,61-63,66H,4,8,15,19-20,24,50H2,(H,52,53)(H,64,65). The lowest BCUT2D eigenvalue weighted by Gasteiger charge is -2.44. The Balaban J connectivity index is 1.09. The number of rotatable bonds is 15. The smallest absolute Gasteiger partial charge is 0.355 e. The van der Waals surface area contributed by atoms with E-state index >= 15 is 0 Å². The van der Waals surface area contributed by atoms with Crippen LogP contribution in [0.2, 0.25) is 0 Å². The molecule has 2 aliphatic heterocycles. The Morgan fingerprint density at radius 2 is 1.82 bits per heavy atom. The van der Waals surface area contributed by atoms with Crippen molar-refractivity contribution in [3.8, 4) is 17.2 Å². The van der Waals surface area contributed by atoms with E-state index in [0.717, 1.165) is 29.2 Å². The molecule has 19 heteroatoms. The quantitative estimate of drug-likeness (QED) is 0.0309. The van der Waals surface area contributed by atoms with Gasteiger partial charge >= 0.3 is 11.9 Å². The maximum Gasteiger partial charge on any atom is 0.355 e. The van der Waals surface area contributed by atoms with Crippen LogP contribution in [0.25, 0.3) is 6.08 Å². The summed E-state index contributed by atoms with van der Waals surface area (Å²) in [6.07, 6.45) is 4.34. The minimum absolute atomic E-state index is 0.0466. The molecule has 11 unspecified atom stereocenters. The number of imidazole rings is 1. The molecule has 4 aliphatic rings. The minimum Gasteiger partial charge on any atom is -0.508 e. The number of carbonyl (C=O) groups is 3. The number of aliphatic carboxylic acids is 1. The van der Waals surface area contributed by atoms with Crippen molar-refractivity contribution in [3.05, 3.63) is 137 Å². The molecule has 2 fully saturated rings. The molecule has 0 bridgehead atoms. The molecule has 19 nitrogen and oxygen atoms in total. The average molecular weight is 933 g/mol. The number of benzene rings is 3. The average Bonchev–Trinajstić information content (AvgIpc) is 4.19. The normalized spacial score (nSPS) is 30.0. The summed E-state index contributed by atoms with van der Waals surface area (Å²) in [5.41, 5.74) is 7.25. The van der Waals surface area contributed by atoms with E-state index < -0.39 is 95.2 Å². The van der Waals surface area contributed by atoms with E-state index in [1.165, 1.54) is 36.7 Å². The molecule has 4 heterocycles. The number of aromatic amines is 2. The summed E-state index contributed by atoms with van der Waals surface area (Å²) >= 11 is 0. The molecule has 1 saturated carbocycles. The summed E-state index contributed by atoms with van der Waals surface area (Å²) in [6, 6.07) is 19.1. The fourth-order valence-electron chi connectivity index (χ4n) is 10.8. The third-order valence-corrected chi connectivity index (χ3v) is 14.1. The Morgan fingerprint density at radius 1 is 1.03 bits per heavy atom. The predicted octanol–water partition coefficient (Wildman–Crippen LogP) is 2.06. The van der Waals surface area contributed by atoms with E-state index in [1.54, 1.807) is 36.5 Å². The van der Waals surface area contributed by atoms with Crippen LogP contribution in [0.4, 0.5) is 11.5 Å². The van der Waals surface area contributed by atoms with Gasteiger partial charge in [0.25, 0.3) is 5.91 Å². The van der Waals surface area contributed by atoms with Crippen molar-refractivity contribution in [2.75, 3.05) is 16.8 Å². The first-order valence-corrected chi connectivity index (χ1v) is 22.2. The van der Waals surface area contributed by atoms with Crippen LogP contribution in [0.5, 0.6) is 17.2 Å². The van der Waals surface area contributed by atoms with Crippen LogP contribution in [0, 0.1) is 5.92 Å². The number of carboxylic acids is 1. The third kappa shape index (κ3) is 7.70. The monoisotopic (exact) mass is 932 g/mol. The number of aliphatic hydroxyl groups excluding tert-OH is 4. The Hall–Kier alpha value is -6.84. The lowest BCUT2D eigenvalue weighted by atomic mass is 9.61. The second-order valence-corrected chi connectivity index (χ2v) is 17.8. The van der Waals surface area contributed by atoms with Gasteiger partial charge in [0.2, 0.25) is 0 Å². The third-order valence-electron chi connectivity index (χ3n) is 14.1. The van der Waals surface area contributed by atoms with Crippen molar-refractivity contribution in [1.29, 1.82) is 0 Å². The number of phenolic OH excluding ortho intramolecular Hbond substituents is 2. The van der Waals surface area contributed by atoms with Crippen LogP contribution in [0.1, 0.15) is 58.8 Å². The molecule has 9 rings (SSSR count). The zero-order chi connectivity index (χ0) is 48.1. The Bertz CT molecular complexity index is 2740. The lowest BCUT2D eigenvalue weighted by molar-refractivity contribution is -0.422. The van der Waals surface area contributed by atoms with Gasteiger partial charge in [0.15, 0.2) is 23.1 Å². The number of aliphatic hydroxyl groups is 5. The van der Waals surface area contributed by atoms with Gasteiger partial charge < -0.3 is 76.1 Å². The van der Waals surface area contributed by atoms with Gasteiger partial charge in [0, 0.05) is 59.8 Å². The van der Waals surface area contributed by atoms with Gasteiger partial charge in [-0.2, -0.15) is 0 Å². The van der Waals surface area contributed by atoms with Gasteiger partial charge in [-0.3, -0.25) is 9.69 Å². The highest BCUT2D eigenvalue weighted by atomic mass is 16.8. The molecule has 3 aromatic carbocycles. The number of hydrogen-bond acceptors (Lipinski definition) is 15. The zero-order valence-electron chi connectivity index (χ0n) is 36.4. The number of phenols is 2. The van der Waals surface area contributed by atoms with Crippen molar-refractivity contribution in [2.45, 2.75) is 91.4 Å². The van der Waals surface area contributed by atoms with E-state index in [0.29, 0.717) is 41.2 Å². The van der Waals surface area contributed by atoms with Crippen molar-refractivity contribution in [2.24, 2.45) is 11.7 Å². The van der Waals surface area contributed by atoms with E-state index in [4.69, 9.17) is 15.2 Å². The number of nitrogens with one attached hydrogen (secondary N) is 3. The summed E-state index contributed by atoms with van der Waals surface area (Å²) in [5, 5.41) is 90.1. The number of amides is 1. The first kappa shape index (κ1) is 46.3. The molecular formula is C49H52N6O13. The Morgan fingerprint density at radius 3 is 2.51 bits per heavy atom. The van der Waals surface area contributed by atoms with Crippen molar-refractivity contribution in [1.82, 2.24) is 15.0 Å². The fourth-order valence-corrected chi connectivity index (χ4v) is 10.8. The van der Waals surface area contributed by atoms with Crippen LogP contribution in [-0.2, 0) is 37.4 Å². The Labute approximate surface area is 388 Å². The van der Waals surface area contributed by atoms with Crippen LogP contribution in [-0.4, -0.2) is 129 Å². The highest BCUT2D eigenvalue weighted by Crippen LogP contribution is 2.64. The number of allylic oxidation sites excluding steroid dienone is 1. The van der Waals surface area contributed by atoms with Gasteiger partial charge in [-0.1, -0.05) is 55.0 Å². The summed E-state index contributed by atoms with van der Waals surface area (Å²) in [4.78, 5) is 52.6. The van der Waals surface area contributed by atoms with E-state index in [2.05, 4.69) is 20.3 Å². The highest BCUT2D eigenvalue weighted by molar-refractivity contribution is 6.13. The van der Waals surface area contributed by atoms with Crippen LogP contribution >= 0.6 is 0 Å². The van der Waals surface area contributed by atoms with Crippen LogP contribution in [0.3, 0.4) is 0 Å². The number of aromatic hydroxyl groups is 2. The summed E-state index contributed by atoms with van der Waals surface area (Å²) in [6.45, 7) is -0.912. The second kappa shape index (κ2) is 18.0. The molecule has 2 aliphatic carbocycles. The largest absolute Gasteiger partial charge is 0.508 e. The number of carboxylic acid groups (broad SMARTS) is 1. The summed E-state index contributed by atoms with van der Waals surface area (Å²) in [7, 11) is 0. The number of carbonyl (C=O) groups excluding carboxylic acids is 2. The molecule has 1 saturated heterocycles. The zero-order valence-corrected chi connectivity index (χ0v) is 36.4. The molecule has 5 aromatic rings. The molecule has 0 spiro atoms. The molecule has 0 radical (unpaired) electrons.